The van der Waals surface area contributed by atoms with Gasteiger partial charge in [-0.3, -0.25) is 13.9 Å². The Morgan fingerprint density at radius 3 is 2.29 bits per heavy atom. The van der Waals surface area contributed by atoms with Crippen LogP contribution in [0.25, 0.3) is 0 Å². The molecule has 0 aromatic heterocycles. The van der Waals surface area contributed by atoms with Crippen LogP contribution in [-0.4, -0.2) is 43.8 Å². The second-order valence-electron chi connectivity index (χ2n) is 10.7. The van der Waals surface area contributed by atoms with Gasteiger partial charge in [0.15, 0.2) is 0 Å². The topological polar surface area (TPSA) is 86.8 Å². The smallest absolute Gasteiger partial charge is 0.264 e. The number of hydrogen-bond acceptors (Lipinski definition) is 4. The van der Waals surface area contributed by atoms with Crippen molar-refractivity contribution in [2.24, 2.45) is 0 Å². The summed E-state index contributed by atoms with van der Waals surface area (Å²) in [6.07, 6.45) is 5.49. The maximum atomic E-state index is 14.2. The number of benzene rings is 3. The zero-order chi connectivity index (χ0) is 30.3. The number of rotatable bonds is 11. The lowest BCUT2D eigenvalue weighted by Crippen LogP contribution is -2.54. The van der Waals surface area contributed by atoms with Crippen LogP contribution in [0.5, 0.6) is 0 Å². The van der Waals surface area contributed by atoms with Crippen molar-refractivity contribution in [1.29, 1.82) is 0 Å². The summed E-state index contributed by atoms with van der Waals surface area (Å²) >= 11 is 9.53. The van der Waals surface area contributed by atoms with Crippen molar-refractivity contribution in [2.45, 2.75) is 75.9 Å². The Morgan fingerprint density at radius 2 is 1.67 bits per heavy atom. The fourth-order valence-electron chi connectivity index (χ4n) is 5.25. The second kappa shape index (κ2) is 14.5. The lowest BCUT2D eigenvalue weighted by molar-refractivity contribution is -0.140. The SMILES string of the molecule is CC[C@@H](C(=O)NC1CCCCC1)N(Cc1ccc(Cl)cc1)C(=O)CN(c1cccc(Br)c1)S(=O)(=O)c1ccc(C)cc1. The number of carbonyl (C=O) groups excluding carboxylic acids is 2. The fraction of sp³-hybridized carbons (Fsp3) is 0.375. The third-order valence-corrected chi connectivity index (χ3v) is 10.1. The highest BCUT2D eigenvalue weighted by Gasteiger charge is 2.34. The van der Waals surface area contributed by atoms with E-state index in [4.69, 9.17) is 11.6 Å². The molecule has 0 unspecified atom stereocenters. The summed E-state index contributed by atoms with van der Waals surface area (Å²) in [6.45, 7) is 3.39. The third kappa shape index (κ3) is 8.14. The van der Waals surface area contributed by atoms with E-state index in [-0.39, 0.29) is 23.4 Å². The van der Waals surface area contributed by atoms with E-state index in [9.17, 15) is 18.0 Å². The first-order valence-electron chi connectivity index (χ1n) is 14.3. The van der Waals surface area contributed by atoms with Gasteiger partial charge < -0.3 is 10.2 Å². The van der Waals surface area contributed by atoms with Gasteiger partial charge in [-0.2, -0.15) is 0 Å². The van der Waals surface area contributed by atoms with Crippen molar-refractivity contribution in [3.8, 4) is 0 Å². The van der Waals surface area contributed by atoms with Crippen molar-refractivity contribution in [2.75, 3.05) is 10.8 Å². The summed E-state index contributed by atoms with van der Waals surface area (Å²) in [5.74, 6) is -0.701. The van der Waals surface area contributed by atoms with Gasteiger partial charge in [0.05, 0.1) is 10.6 Å². The van der Waals surface area contributed by atoms with Crippen LogP contribution in [0, 0.1) is 6.92 Å². The van der Waals surface area contributed by atoms with Crippen LogP contribution in [0.15, 0.2) is 82.2 Å². The first-order chi connectivity index (χ1) is 20.1. The van der Waals surface area contributed by atoms with Crippen LogP contribution >= 0.6 is 27.5 Å². The Balaban J connectivity index is 1.70. The Labute approximate surface area is 262 Å². The molecule has 224 valence electrons. The summed E-state index contributed by atoms with van der Waals surface area (Å²) in [7, 11) is -4.12. The van der Waals surface area contributed by atoms with E-state index in [1.807, 2.05) is 26.0 Å². The van der Waals surface area contributed by atoms with Crippen LogP contribution in [0.3, 0.4) is 0 Å². The minimum Gasteiger partial charge on any atom is -0.352 e. The van der Waals surface area contributed by atoms with E-state index >= 15 is 0 Å². The molecule has 4 rings (SSSR count). The lowest BCUT2D eigenvalue weighted by atomic mass is 9.95. The number of carbonyl (C=O) groups is 2. The minimum absolute atomic E-state index is 0.0761. The molecule has 1 fully saturated rings. The number of nitrogens with zero attached hydrogens (tertiary/aromatic N) is 2. The molecule has 0 saturated heterocycles. The molecule has 1 aliphatic rings. The Bertz CT molecular complexity index is 1480. The summed E-state index contributed by atoms with van der Waals surface area (Å²) < 4.78 is 29.8. The molecule has 1 saturated carbocycles. The van der Waals surface area contributed by atoms with Crippen molar-refractivity contribution in [3.63, 3.8) is 0 Å². The monoisotopic (exact) mass is 673 g/mol. The average Bonchev–Trinajstić information content (AvgIpc) is 2.97. The van der Waals surface area contributed by atoms with Gasteiger partial charge in [-0.05, 0) is 74.2 Å². The molecule has 0 aliphatic heterocycles. The Morgan fingerprint density at radius 1 is 1.00 bits per heavy atom. The van der Waals surface area contributed by atoms with E-state index < -0.39 is 28.5 Å². The number of anilines is 1. The van der Waals surface area contributed by atoms with Gasteiger partial charge in [0.25, 0.3) is 10.0 Å². The standard InChI is InChI=1S/C32H37BrClN3O4S/c1-3-30(32(39)35-27-9-5-4-6-10-27)36(21-24-14-16-26(34)17-15-24)31(38)22-37(28-11-7-8-25(33)20-28)42(40,41)29-18-12-23(2)13-19-29/h7-8,11-20,27,30H,3-6,9-10,21-22H2,1-2H3,(H,35,39)/t30-/m0/s1. The molecule has 3 aromatic rings. The van der Waals surface area contributed by atoms with Gasteiger partial charge >= 0.3 is 0 Å². The molecular weight excluding hydrogens is 638 g/mol. The minimum atomic E-state index is -4.12. The number of hydrogen-bond donors (Lipinski definition) is 1. The molecule has 7 nitrogen and oxygen atoms in total. The number of amides is 2. The van der Waals surface area contributed by atoms with Gasteiger partial charge in [-0.15, -0.1) is 0 Å². The van der Waals surface area contributed by atoms with Crippen molar-refractivity contribution in [3.05, 3.63) is 93.4 Å². The second-order valence-corrected chi connectivity index (χ2v) is 13.9. The molecule has 10 heteroatoms. The van der Waals surface area contributed by atoms with Crippen molar-refractivity contribution < 1.29 is 18.0 Å². The largest absolute Gasteiger partial charge is 0.352 e. The first-order valence-corrected chi connectivity index (χ1v) is 16.9. The molecule has 0 spiro atoms. The molecule has 3 aromatic carbocycles. The number of sulfonamides is 1. The lowest BCUT2D eigenvalue weighted by Gasteiger charge is -2.34. The van der Waals surface area contributed by atoms with Gasteiger partial charge in [0.2, 0.25) is 11.8 Å². The highest BCUT2D eigenvalue weighted by Crippen LogP contribution is 2.28. The maximum absolute atomic E-state index is 14.2. The molecule has 1 aliphatic carbocycles. The molecule has 0 bridgehead atoms. The van der Waals surface area contributed by atoms with Crippen molar-refractivity contribution >= 4 is 55.1 Å². The van der Waals surface area contributed by atoms with E-state index in [0.717, 1.165) is 47.5 Å². The molecule has 0 heterocycles. The van der Waals surface area contributed by atoms with Crippen LogP contribution in [0.2, 0.25) is 5.02 Å². The average molecular weight is 675 g/mol. The maximum Gasteiger partial charge on any atom is 0.264 e. The molecule has 2 amide bonds. The van der Waals surface area contributed by atoms with Crippen molar-refractivity contribution in [1.82, 2.24) is 10.2 Å². The molecule has 1 atom stereocenters. The van der Waals surface area contributed by atoms with Gasteiger partial charge in [-0.25, -0.2) is 8.42 Å². The third-order valence-electron chi connectivity index (χ3n) is 7.59. The highest BCUT2D eigenvalue weighted by molar-refractivity contribution is 9.10. The molecule has 1 N–H and O–H groups in total. The summed E-state index contributed by atoms with van der Waals surface area (Å²) in [6, 6.07) is 19.7. The number of halogens is 2. The van der Waals surface area contributed by atoms with E-state index in [1.165, 1.54) is 17.0 Å². The van der Waals surface area contributed by atoms with Crippen LogP contribution < -0.4 is 9.62 Å². The van der Waals surface area contributed by atoms with E-state index in [1.54, 1.807) is 48.5 Å². The van der Waals surface area contributed by atoms with Gasteiger partial charge in [-0.1, -0.05) is 89.6 Å². The summed E-state index contributed by atoms with van der Waals surface area (Å²) in [5, 5.41) is 3.72. The van der Waals surface area contributed by atoms with Gasteiger partial charge in [0.1, 0.15) is 12.6 Å². The Hall–Kier alpha value is -2.88. The molecule has 42 heavy (non-hydrogen) atoms. The van der Waals surface area contributed by atoms with E-state index in [0.29, 0.717) is 21.6 Å². The predicted molar refractivity (Wildman–Crippen MR) is 171 cm³/mol. The zero-order valence-corrected chi connectivity index (χ0v) is 27.1. The van der Waals surface area contributed by atoms with E-state index in [2.05, 4.69) is 21.2 Å². The normalized spacial score (nSPS) is 14.7. The first kappa shape index (κ1) is 32.0. The quantitative estimate of drug-likeness (QED) is 0.241. The van der Waals surface area contributed by atoms with Crippen LogP contribution in [0.1, 0.15) is 56.6 Å². The van der Waals surface area contributed by atoms with Crippen LogP contribution in [0.4, 0.5) is 5.69 Å². The Kier molecular flexibility index (Phi) is 11.1. The number of aryl methyl sites for hydroxylation is 1. The number of nitrogens with one attached hydrogen (secondary N) is 1. The molecular formula is C32H37BrClN3O4S. The highest BCUT2D eigenvalue weighted by atomic mass is 79.9. The predicted octanol–water partition coefficient (Wildman–Crippen LogP) is 6.86. The zero-order valence-electron chi connectivity index (χ0n) is 23.9. The molecule has 0 radical (unpaired) electrons. The fourth-order valence-corrected chi connectivity index (χ4v) is 7.17. The van der Waals surface area contributed by atoms with Gasteiger partial charge in [0, 0.05) is 22.1 Å². The summed E-state index contributed by atoms with van der Waals surface area (Å²) in [4.78, 5) is 29.4. The van der Waals surface area contributed by atoms with Crippen LogP contribution in [-0.2, 0) is 26.2 Å². The summed E-state index contributed by atoms with van der Waals surface area (Å²) in [5.41, 5.74) is 2.04.